The number of nitrogens with one attached hydrogen (secondary N) is 4. The Morgan fingerprint density at radius 3 is 1.45 bits per heavy atom. The molecule has 0 fully saturated rings. The van der Waals surface area contributed by atoms with Gasteiger partial charge in [0.25, 0.3) is 0 Å². The van der Waals surface area contributed by atoms with Crippen LogP contribution in [0.1, 0.15) is 93.6 Å². The standard InChI is InChI=1S/C36H59N5O10/c1-34(2,3)49-29(43)19-17-27(40-33(47)51-36(7,8)9)31(45)38-21-23-41(10)22-20-37-30(44)26(39-32(46)50-35(4,5)6)16-18-28(42)48-24-25-14-12-11-13-15-25/h11-15,26-27H,16-24H2,1-10H3,(H,37,44)(H,38,45)(H,39,46)(H,40,47)/t26-,27-/m0/s1. The highest BCUT2D eigenvalue weighted by atomic mass is 16.6. The molecule has 4 amide bonds. The average molecular weight is 722 g/mol. The van der Waals surface area contributed by atoms with E-state index in [0.29, 0.717) is 13.1 Å². The van der Waals surface area contributed by atoms with E-state index in [-0.39, 0.29) is 45.4 Å². The fraction of sp³-hybridized carbons (Fsp3) is 0.667. The van der Waals surface area contributed by atoms with E-state index < -0.39 is 64.8 Å². The molecule has 51 heavy (non-hydrogen) atoms. The van der Waals surface area contributed by atoms with Crippen LogP contribution in [0.3, 0.4) is 0 Å². The molecule has 15 nitrogen and oxygen atoms in total. The van der Waals surface area contributed by atoms with Crippen LogP contribution in [0.2, 0.25) is 0 Å². The van der Waals surface area contributed by atoms with Crippen LogP contribution in [0.4, 0.5) is 9.59 Å². The number of likely N-dealkylation sites (N-methyl/N-ethyl adjacent to an activating group) is 1. The lowest BCUT2D eigenvalue weighted by Gasteiger charge is -2.25. The molecule has 1 rings (SSSR count). The van der Waals surface area contributed by atoms with E-state index in [9.17, 15) is 28.8 Å². The lowest BCUT2D eigenvalue weighted by Crippen LogP contribution is -2.50. The van der Waals surface area contributed by atoms with Gasteiger partial charge in [0.05, 0.1) is 0 Å². The predicted molar refractivity (Wildman–Crippen MR) is 190 cm³/mol. The Morgan fingerprint density at radius 1 is 0.627 bits per heavy atom. The van der Waals surface area contributed by atoms with Gasteiger partial charge < -0.3 is 45.1 Å². The highest BCUT2D eigenvalue weighted by Crippen LogP contribution is 2.12. The summed E-state index contributed by atoms with van der Waals surface area (Å²) in [6.45, 7) is 16.7. The average Bonchev–Trinajstić information content (AvgIpc) is 2.97. The summed E-state index contributed by atoms with van der Waals surface area (Å²) in [5.41, 5.74) is -1.44. The Kier molecular flexibility index (Phi) is 18.4. The van der Waals surface area contributed by atoms with Crippen molar-refractivity contribution in [2.75, 3.05) is 33.2 Å². The number of hydrogen-bond donors (Lipinski definition) is 4. The van der Waals surface area contributed by atoms with Gasteiger partial charge in [0.2, 0.25) is 11.8 Å². The summed E-state index contributed by atoms with van der Waals surface area (Å²) in [7, 11) is 1.79. The Labute approximate surface area is 302 Å². The van der Waals surface area contributed by atoms with Gasteiger partial charge in [0, 0.05) is 39.0 Å². The minimum atomic E-state index is -1.05. The fourth-order valence-corrected chi connectivity index (χ4v) is 4.26. The topological polar surface area (TPSA) is 191 Å². The first-order valence-corrected chi connectivity index (χ1v) is 17.2. The molecule has 0 aliphatic rings. The van der Waals surface area contributed by atoms with Gasteiger partial charge in [-0.15, -0.1) is 0 Å². The summed E-state index contributed by atoms with van der Waals surface area (Å²) in [6.07, 6.45) is -1.79. The maximum atomic E-state index is 13.1. The van der Waals surface area contributed by atoms with Crippen LogP contribution in [-0.4, -0.2) is 103 Å². The van der Waals surface area contributed by atoms with Crippen LogP contribution < -0.4 is 21.3 Å². The van der Waals surface area contributed by atoms with E-state index in [1.54, 1.807) is 69.4 Å². The second-order valence-corrected chi connectivity index (χ2v) is 15.1. The zero-order valence-corrected chi connectivity index (χ0v) is 31.9. The Morgan fingerprint density at radius 2 is 1.04 bits per heavy atom. The van der Waals surface area contributed by atoms with E-state index in [4.69, 9.17) is 18.9 Å². The van der Waals surface area contributed by atoms with Crippen molar-refractivity contribution >= 4 is 35.9 Å². The van der Waals surface area contributed by atoms with Crippen molar-refractivity contribution in [1.82, 2.24) is 26.2 Å². The monoisotopic (exact) mass is 721 g/mol. The number of carbonyl (C=O) groups is 6. The number of amides is 4. The first-order valence-electron chi connectivity index (χ1n) is 17.2. The molecule has 0 saturated carbocycles. The molecular formula is C36H59N5O10. The SMILES string of the molecule is CN(CCNC(=O)[C@H](CCC(=O)OCc1ccccc1)NC(=O)OC(C)(C)C)CCNC(=O)[C@H](CCC(=O)OC(C)(C)C)NC(=O)OC(C)(C)C. The smallest absolute Gasteiger partial charge is 0.408 e. The summed E-state index contributed by atoms with van der Waals surface area (Å²) < 4.78 is 21.2. The van der Waals surface area contributed by atoms with Crippen LogP contribution in [-0.2, 0) is 44.7 Å². The van der Waals surface area contributed by atoms with Crippen LogP contribution in [0.15, 0.2) is 30.3 Å². The van der Waals surface area contributed by atoms with Gasteiger partial charge in [-0.05, 0) is 87.8 Å². The number of rotatable bonds is 18. The van der Waals surface area contributed by atoms with Crippen molar-refractivity contribution in [3.8, 4) is 0 Å². The molecule has 0 bridgehead atoms. The van der Waals surface area contributed by atoms with Gasteiger partial charge in [-0.2, -0.15) is 0 Å². The normalized spacial score (nSPS) is 12.9. The van der Waals surface area contributed by atoms with E-state index in [1.165, 1.54) is 0 Å². The van der Waals surface area contributed by atoms with Crippen LogP contribution in [0.25, 0.3) is 0 Å². The van der Waals surface area contributed by atoms with Crippen molar-refractivity contribution in [1.29, 1.82) is 0 Å². The number of alkyl carbamates (subject to hydrolysis) is 2. The molecule has 0 radical (unpaired) electrons. The van der Waals surface area contributed by atoms with Crippen LogP contribution in [0.5, 0.6) is 0 Å². The second-order valence-electron chi connectivity index (χ2n) is 15.1. The van der Waals surface area contributed by atoms with Gasteiger partial charge >= 0.3 is 24.1 Å². The van der Waals surface area contributed by atoms with Gasteiger partial charge in [-0.25, -0.2) is 9.59 Å². The molecule has 0 heterocycles. The molecule has 0 aromatic heterocycles. The minimum Gasteiger partial charge on any atom is -0.461 e. The molecule has 0 aliphatic carbocycles. The highest BCUT2D eigenvalue weighted by molar-refractivity contribution is 5.87. The lowest BCUT2D eigenvalue weighted by molar-refractivity contribution is -0.155. The van der Waals surface area contributed by atoms with Crippen LogP contribution >= 0.6 is 0 Å². The zero-order valence-electron chi connectivity index (χ0n) is 31.9. The lowest BCUT2D eigenvalue weighted by atomic mass is 10.1. The summed E-state index contributed by atoms with van der Waals surface area (Å²) >= 11 is 0. The molecule has 0 saturated heterocycles. The van der Waals surface area contributed by atoms with Crippen molar-refractivity contribution in [2.24, 2.45) is 0 Å². The molecule has 1 aromatic rings. The van der Waals surface area contributed by atoms with Crippen molar-refractivity contribution in [2.45, 2.75) is 123 Å². The third-order valence-corrected chi connectivity index (χ3v) is 6.54. The number of carbonyl (C=O) groups excluding carboxylic acids is 6. The third-order valence-electron chi connectivity index (χ3n) is 6.54. The van der Waals surface area contributed by atoms with E-state index >= 15 is 0 Å². The quantitative estimate of drug-likeness (QED) is 0.128. The van der Waals surface area contributed by atoms with E-state index in [2.05, 4.69) is 21.3 Å². The first kappa shape index (κ1) is 44.6. The van der Waals surface area contributed by atoms with Crippen molar-refractivity contribution in [3.63, 3.8) is 0 Å². The molecule has 2 atom stereocenters. The Balaban J connectivity index is 2.67. The molecule has 0 unspecified atom stereocenters. The van der Waals surface area contributed by atoms with Gasteiger partial charge in [0.1, 0.15) is 35.5 Å². The maximum Gasteiger partial charge on any atom is 0.408 e. The molecule has 0 aliphatic heterocycles. The number of esters is 2. The molecular weight excluding hydrogens is 662 g/mol. The van der Waals surface area contributed by atoms with Gasteiger partial charge in [0.15, 0.2) is 0 Å². The molecule has 1 aromatic carbocycles. The van der Waals surface area contributed by atoms with E-state index in [1.807, 2.05) is 35.2 Å². The van der Waals surface area contributed by atoms with Gasteiger partial charge in [-0.3, -0.25) is 19.2 Å². The summed E-state index contributed by atoms with van der Waals surface area (Å²) in [5, 5.41) is 10.6. The number of ether oxygens (including phenoxy) is 4. The number of hydrogen-bond acceptors (Lipinski definition) is 11. The largest absolute Gasteiger partial charge is 0.461 e. The zero-order chi connectivity index (χ0) is 38.8. The van der Waals surface area contributed by atoms with Crippen LogP contribution in [0, 0.1) is 0 Å². The number of benzene rings is 1. The second kappa shape index (κ2) is 21.1. The Hall–Kier alpha value is -4.40. The van der Waals surface area contributed by atoms with Crippen molar-refractivity contribution in [3.05, 3.63) is 35.9 Å². The molecule has 288 valence electrons. The third kappa shape index (κ3) is 22.8. The molecule has 4 N–H and O–H groups in total. The predicted octanol–water partition coefficient (Wildman–Crippen LogP) is 3.58. The highest BCUT2D eigenvalue weighted by Gasteiger charge is 2.27. The van der Waals surface area contributed by atoms with E-state index in [0.717, 1.165) is 5.56 Å². The summed E-state index contributed by atoms with van der Waals surface area (Å²) in [4.78, 5) is 77.5. The fourth-order valence-electron chi connectivity index (χ4n) is 4.26. The Bertz CT molecular complexity index is 1290. The summed E-state index contributed by atoms with van der Waals surface area (Å²) in [6, 6.07) is 7.09. The molecule has 15 heteroatoms. The van der Waals surface area contributed by atoms with Crippen molar-refractivity contribution < 1.29 is 47.7 Å². The minimum absolute atomic E-state index is 0.00507. The molecule has 0 spiro atoms. The first-order chi connectivity index (χ1) is 23.5. The van der Waals surface area contributed by atoms with Gasteiger partial charge in [-0.1, -0.05) is 30.3 Å². The summed E-state index contributed by atoms with van der Waals surface area (Å²) in [5.74, 6) is -2.01. The maximum absolute atomic E-state index is 13.1. The number of nitrogens with zero attached hydrogens (tertiary/aromatic N) is 1.